The first-order valence-corrected chi connectivity index (χ1v) is 6.83. The zero-order chi connectivity index (χ0) is 11.9. The van der Waals surface area contributed by atoms with Crippen LogP contribution < -0.4 is 5.32 Å². The Bertz CT molecular complexity index is 697. The molecule has 3 aromatic rings. The van der Waals surface area contributed by atoms with Gasteiger partial charge in [0.05, 0.1) is 10.9 Å². The van der Waals surface area contributed by atoms with Gasteiger partial charge in [0.15, 0.2) is 5.82 Å². The van der Waals surface area contributed by atoms with E-state index in [1.165, 1.54) is 18.5 Å². The number of nitrogens with zero attached hydrogens (tertiary/aromatic N) is 3. The summed E-state index contributed by atoms with van der Waals surface area (Å²) < 4.78 is 0. The number of anilines is 2. The maximum atomic E-state index is 4.27. The minimum absolute atomic E-state index is 0.680. The third-order valence-electron chi connectivity index (χ3n) is 3.14. The van der Waals surface area contributed by atoms with Crippen molar-refractivity contribution < 1.29 is 0 Å². The van der Waals surface area contributed by atoms with Gasteiger partial charge in [0, 0.05) is 28.4 Å². The van der Waals surface area contributed by atoms with Crippen LogP contribution in [0.15, 0.2) is 23.2 Å². The van der Waals surface area contributed by atoms with Crippen LogP contribution in [0.1, 0.15) is 24.5 Å². The van der Waals surface area contributed by atoms with Gasteiger partial charge in [-0.05, 0) is 12.8 Å². The van der Waals surface area contributed by atoms with Crippen LogP contribution in [0.2, 0.25) is 0 Å². The Morgan fingerprint density at radius 3 is 3.11 bits per heavy atom. The number of thiophene rings is 1. The first-order valence-electron chi connectivity index (χ1n) is 5.89. The third kappa shape index (κ3) is 1.65. The average molecular weight is 257 g/mol. The van der Waals surface area contributed by atoms with E-state index in [2.05, 4.69) is 31.5 Å². The molecule has 0 atom stereocenters. The van der Waals surface area contributed by atoms with Gasteiger partial charge in [-0.15, -0.1) is 11.3 Å². The third-order valence-corrected chi connectivity index (χ3v) is 3.87. The van der Waals surface area contributed by atoms with Crippen molar-refractivity contribution in [3.8, 4) is 0 Å². The summed E-state index contributed by atoms with van der Waals surface area (Å²) >= 11 is 1.63. The largest absolute Gasteiger partial charge is 0.323 e. The van der Waals surface area contributed by atoms with E-state index in [1.807, 2.05) is 10.8 Å². The van der Waals surface area contributed by atoms with Crippen LogP contribution in [0.5, 0.6) is 0 Å². The van der Waals surface area contributed by atoms with Crippen molar-refractivity contribution in [3.05, 3.63) is 28.8 Å². The first-order chi connectivity index (χ1) is 8.90. The Morgan fingerprint density at radius 2 is 2.22 bits per heavy atom. The molecule has 6 heteroatoms. The highest BCUT2D eigenvalue weighted by Gasteiger charge is 2.25. The predicted molar refractivity (Wildman–Crippen MR) is 71.3 cm³/mol. The van der Waals surface area contributed by atoms with Crippen LogP contribution in [-0.2, 0) is 0 Å². The molecule has 2 N–H and O–H groups in total. The molecule has 0 bridgehead atoms. The van der Waals surface area contributed by atoms with Gasteiger partial charge in [0.2, 0.25) is 0 Å². The van der Waals surface area contributed by atoms with Gasteiger partial charge < -0.3 is 5.32 Å². The molecule has 1 aliphatic carbocycles. The van der Waals surface area contributed by atoms with Crippen LogP contribution in [0.4, 0.5) is 11.6 Å². The van der Waals surface area contributed by atoms with E-state index in [0.717, 1.165) is 22.5 Å². The highest BCUT2D eigenvalue weighted by molar-refractivity contribution is 7.09. The normalized spacial score (nSPS) is 15.1. The molecule has 4 rings (SSSR count). The van der Waals surface area contributed by atoms with E-state index < -0.39 is 0 Å². The molecular weight excluding hydrogens is 246 g/mol. The van der Waals surface area contributed by atoms with Crippen LogP contribution >= 0.6 is 11.3 Å². The summed E-state index contributed by atoms with van der Waals surface area (Å²) in [6.07, 6.45) is 4.11. The second-order valence-corrected chi connectivity index (χ2v) is 5.24. The molecule has 0 saturated heterocycles. The van der Waals surface area contributed by atoms with E-state index in [9.17, 15) is 0 Å². The predicted octanol–water partition coefficient (Wildman–Crippen LogP) is 3.04. The molecule has 0 spiro atoms. The molecular formula is C12H11N5S. The standard InChI is InChI=1S/C12H11N5S/c1-2-7(1)9-3-11(17-16-9)15-12-8-4-18-5-10(8)13-6-14-12/h3-7H,1-2H2,(H2,13,14,15,16,17). The van der Waals surface area contributed by atoms with Gasteiger partial charge in [-0.3, -0.25) is 5.10 Å². The van der Waals surface area contributed by atoms with E-state index in [4.69, 9.17) is 0 Å². The number of fused-ring (bicyclic) bond motifs is 1. The molecule has 90 valence electrons. The fraction of sp³-hybridized carbons (Fsp3) is 0.250. The van der Waals surface area contributed by atoms with Gasteiger partial charge in [-0.2, -0.15) is 5.10 Å². The zero-order valence-corrected chi connectivity index (χ0v) is 10.4. The highest BCUT2D eigenvalue weighted by Crippen LogP contribution is 2.39. The second kappa shape index (κ2) is 3.78. The molecule has 1 fully saturated rings. The lowest BCUT2D eigenvalue weighted by atomic mass is 10.3. The lowest BCUT2D eigenvalue weighted by molar-refractivity contribution is 0.966. The molecule has 1 saturated carbocycles. The van der Waals surface area contributed by atoms with Gasteiger partial charge >= 0.3 is 0 Å². The Kier molecular flexibility index (Phi) is 2.10. The smallest absolute Gasteiger partial charge is 0.153 e. The fourth-order valence-corrected chi connectivity index (χ4v) is 2.76. The maximum Gasteiger partial charge on any atom is 0.153 e. The van der Waals surface area contributed by atoms with Crippen LogP contribution in [0.25, 0.3) is 10.9 Å². The van der Waals surface area contributed by atoms with Crippen LogP contribution in [-0.4, -0.2) is 20.2 Å². The van der Waals surface area contributed by atoms with Gasteiger partial charge in [0.25, 0.3) is 0 Å². The Hall–Kier alpha value is -1.95. The maximum absolute atomic E-state index is 4.27. The number of hydrogen-bond acceptors (Lipinski definition) is 5. The Labute approximate surface area is 107 Å². The number of nitrogens with one attached hydrogen (secondary N) is 2. The molecule has 5 nitrogen and oxygen atoms in total. The molecule has 3 aromatic heterocycles. The Morgan fingerprint density at radius 1 is 1.28 bits per heavy atom. The zero-order valence-electron chi connectivity index (χ0n) is 9.55. The van der Waals surface area contributed by atoms with Crippen molar-refractivity contribution in [1.82, 2.24) is 20.2 Å². The van der Waals surface area contributed by atoms with E-state index in [-0.39, 0.29) is 0 Å². The second-order valence-electron chi connectivity index (χ2n) is 4.50. The van der Waals surface area contributed by atoms with Crippen molar-refractivity contribution >= 4 is 33.9 Å². The fourth-order valence-electron chi connectivity index (χ4n) is 2.01. The molecule has 0 aliphatic heterocycles. The molecule has 1 aliphatic rings. The lowest BCUT2D eigenvalue weighted by Gasteiger charge is -2.01. The van der Waals surface area contributed by atoms with Gasteiger partial charge in [0.1, 0.15) is 12.1 Å². The number of aromatic nitrogens is 4. The van der Waals surface area contributed by atoms with Crippen LogP contribution in [0, 0.1) is 0 Å². The summed E-state index contributed by atoms with van der Waals surface area (Å²) in [5.74, 6) is 2.32. The van der Waals surface area contributed by atoms with Crippen LogP contribution in [0.3, 0.4) is 0 Å². The summed E-state index contributed by atoms with van der Waals surface area (Å²) in [6.45, 7) is 0. The van der Waals surface area contributed by atoms with Crippen molar-refractivity contribution in [1.29, 1.82) is 0 Å². The average Bonchev–Trinajstić information content (AvgIpc) is 2.94. The molecule has 0 unspecified atom stereocenters. The minimum atomic E-state index is 0.680. The summed E-state index contributed by atoms with van der Waals surface area (Å²) in [5.41, 5.74) is 2.18. The van der Waals surface area contributed by atoms with E-state index >= 15 is 0 Å². The monoisotopic (exact) mass is 257 g/mol. The van der Waals surface area contributed by atoms with Crippen molar-refractivity contribution in [2.75, 3.05) is 5.32 Å². The number of aromatic amines is 1. The van der Waals surface area contributed by atoms with E-state index in [0.29, 0.717) is 5.92 Å². The SMILES string of the molecule is c1nc(Nc2cc(C3CC3)[nH]n2)c2cscc2n1. The molecule has 18 heavy (non-hydrogen) atoms. The summed E-state index contributed by atoms with van der Waals surface area (Å²) in [4.78, 5) is 8.49. The van der Waals surface area contributed by atoms with Crippen molar-refractivity contribution in [2.24, 2.45) is 0 Å². The lowest BCUT2D eigenvalue weighted by Crippen LogP contribution is -1.94. The Balaban J connectivity index is 1.68. The highest BCUT2D eigenvalue weighted by atomic mass is 32.1. The van der Waals surface area contributed by atoms with Gasteiger partial charge in [-0.25, -0.2) is 9.97 Å². The quantitative estimate of drug-likeness (QED) is 0.756. The van der Waals surface area contributed by atoms with Gasteiger partial charge in [-0.1, -0.05) is 0 Å². The van der Waals surface area contributed by atoms with E-state index in [1.54, 1.807) is 17.7 Å². The number of H-pyrrole nitrogens is 1. The molecule has 0 radical (unpaired) electrons. The minimum Gasteiger partial charge on any atom is -0.323 e. The summed E-state index contributed by atoms with van der Waals surface area (Å²) in [5, 5.41) is 15.7. The number of hydrogen-bond donors (Lipinski definition) is 2. The first kappa shape index (κ1) is 10.0. The number of rotatable bonds is 3. The summed E-state index contributed by atoms with van der Waals surface area (Å²) in [6, 6.07) is 2.07. The topological polar surface area (TPSA) is 66.5 Å². The molecule has 3 heterocycles. The molecule has 0 aromatic carbocycles. The van der Waals surface area contributed by atoms with Crippen molar-refractivity contribution in [3.63, 3.8) is 0 Å². The molecule has 0 amide bonds. The van der Waals surface area contributed by atoms with Crippen molar-refractivity contribution in [2.45, 2.75) is 18.8 Å². The summed E-state index contributed by atoms with van der Waals surface area (Å²) in [7, 11) is 0.